The Morgan fingerprint density at radius 2 is 2.05 bits per heavy atom. The molecule has 0 aliphatic carbocycles. The van der Waals surface area contributed by atoms with E-state index < -0.39 is 5.97 Å². The molecule has 1 aromatic rings. The molecule has 1 rings (SSSR count). The summed E-state index contributed by atoms with van der Waals surface area (Å²) >= 11 is 0. The summed E-state index contributed by atoms with van der Waals surface area (Å²) in [5.41, 5.74) is 2.33. The van der Waals surface area contributed by atoms with Crippen molar-refractivity contribution in [3.8, 4) is 5.75 Å². The molecular weight excluding hydrogens is 242 g/mol. The van der Waals surface area contributed by atoms with Gasteiger partial charge in [-0.25, -0.2) is 0 Å². The predicted octanol–water partition coefficient (Wildman–Crippen LogP) is 2.48. The molecule has 1 N–H and O–H groups in total. The molecule has 0 radical (unpaired) electrons. The molecule has 4 heteroatoms. The topological polar surface area (TPSA) is 49.8 Å². The Kier molecular flexibility index (Phi) is 6.36. The lowest BCUT2D eigenvalue weighted by Gasteiger charge is -2.17. The molecule has 0 amide bonds. The van der Waals surface area contributed by atoms with Crippen molar-refractivity contribution in [2.45, 2.75) is 26.7 Å². The maximum absolute atomic E-state index is 10.4. The first-order valence-electron chi connectivity index (χ1n) is 6.59. The fourth-order valence-electron chi connectivity index (χ4n) is 1.79. The van der Waals surface area contributed by atoms with Gasteiger partial charge in [0.05, 0.1) is 0 Å². The molecule has 19 heavy (non-hydrogen) atoms. The highest BCUT2D eigenvalue weighted by molar-refractivity contribution is 5.66. The van der Waals surface area contributed by atoms with Gasteiger partial charge in [-0.15, -0.1) is 0 Å². The van der Waals surface area contributed by atoms with E-state index >= 15 is 0 Å². The van der Waals surface area contributed by atoms with E-state index in [0.29, 0.717) is 13.0 Å². The van der Waals surface area contributed by atoms with E-state index in [2.05, 4.69) is 17.0 Å². The van der Waals surface area contributed by atoms with Crippen molar-refractivity contribution in [1.82, 2.24) is 4.90 Å². The number of aryl methyl sites for hydroxylation is 2. The van der Waals surface area contributed by atoms with Crippen LogP contribution in [0.15, 0.2) is 18.2 Å². The van der Waals surface area contributed by atoms with Gasteiger partial charge < -0.3 is 14.7 Å². The van der Waals surface area contributed by atoms with Crippen LogP contribution in [0, 0.1) is 13.8 Å². The Hall–Kier alpha value is -1.55. The SMILES string of the molecule is Cc1ccc(C)c(OCCN(C)CCCC(=O)O)c1. The lowest BCUT2D eigenvalue weighted by atomic mass is 10.1. The van der Waals surface area contributed by atoms with Crippen molar-refractivity contribution in [3.05, 3.63) is 29.3 Å². The first-order valence-corrected chi connectivity index (χ1v) is 6.59. The van der Waals surface area contributed by atoms with Gasteiger partial charge in [0.1, 0.15) is 12.4 Å². The molecule has 4 nitrogen and oxygen atoms in total. The van der Waals surface area contributed by atoms with Gasteiger partial charge in [0.25, 0.3) is 0 Å². The van der Waals surface area contributed by atoms with E-state index in [9.17, 15) is 4.79 Å². The Bertz CT molecular complexity index is 418. The van der Waals surface area contributed by atoms with Crippen LogP contribution in [0.3, 0.4) is 0 Å². The molecule has 0 aromatic heterocycles. The molecule has 0 aliphatic rings. The maximum Gasteiger partial charge on any atom is 0.303 e. The molecule has 0 atom stereocenters. The molecule has 0 unspecified atom stereocenters. The van der Waals surface area contributed by atoms with Crippen molar-refractivity contribution in [2.24, 2.45) is 0 Å². The zero-order chi connectivity index (χ0) is 14.3. The summed E-state index contributed by atoms with van der Waals surface area (Å²) in [5.74, 6) is 0.193. The van der Waals surface area contributed by atoms with E-state index in [1.54, 1.807) is 0 Å². The van der Waals surface area contributed by atoms with Crippen LogP contribution in [0.5, 0.6) is 5.75 Å². The molecule has 0 spiro atoms. The monoisotopic (exact) mass is 265 g/mol. The smallest absolute Gasteiger partial charge is 0.303 e. The summed E-state index contributed by atoms with van der Waals surface area (Å²) in [7, 11) is 1.98. The molecule has 1 aromatic carbocycles. The van der Waals surface area contributed by atoms with Gasteiger partial charge in [0, 0.05) is 13.0 Å². The number of hydrogen-bond donors (Lipinski definition) is 1. The molecule has 0 fully saturated rings. The van der Waals surface area contributed by atoms with Crippen molar-refractivity contribution in [3.63, 3.8) is 0 Å². The number of nitrogens with zero attached hydrogens (tertiary/aromatic N) is 1. The number of benzene rings is 1. The van der Waals surface area contributed by atoms with Gasteiger partial charge in [-0.2, -0.15) is 0 Å². The minimum absolute atomic E-state index is 0.224. The first kappa shape index (κ1) is 15.5. The minimum atomic E-state index is -0.736. The van der Waals surface area contributed by atoms with Crippen LogP contribution < -0.4 is 4.74 Å². The molecule has 0 bridgehead atoms. The molecular formula is C15H23NO3. The summed E-state index contributed by atoms with van der Waals surface area (Å²) < 4.78 is 5.76. The number of rotatable bonds is 8. The summed E-state index contributed by atoms with van der Waals surface area (Å²) in [5, 5.41) is 8.56. The maximum atomic E-state index is 10.4. The number of ether oxygens (including phenoxy) is 1. The third-order valence-electron chi connectivity index (χ3n) is 3.00. The largest absolute Gasteiger partial charge is 0.492 e. The van der Waals surface area contributed by atoms with E-state index in [0.717, 1.165) is 24.4 Å². The van der Waals surface area contributed by atoms with Crippen molar-refractivity contribution in [1.29, 1.82) is 0 Å². The van der Waals surface area contributed by atoms with Crippen molar-refractivity contribution < 1.29 is 14.6 Å². The number of carboxylic acids is 1. The zero-order valence-electron chi connectivity index (χ0n) is 12.0. The predicted molar refractivity (Wildman–Crippen MR) is 75.8 cm³/mol. The van der Waals surface area contributed by atoms with Gasteiger partial charge in [-0.05, 0) is 51.1 Å². The Labute approximate surface area is 115 Å². The van der Waals surface area contributed by atoms with Crippen molar-refractivity contribution >= 4 is 5.97 Å². The molecule has 0 saturated carbocycles. The second-order valence-electron chi connectivity index (χ2n) is 4.92. The third kappa shape index (κ3) is 6.25. The van der Waals surface area contributed by atoms with Crippen LogP contribution in [0.1, 0.15) is 24.0 Å². The number of carboxylic acid groups (broad SMARTS) is 1. The number of carbonyl (C=O) groups is 1. The third-order valence-corrected chi connectivity index (χ3v) is 3.00. The Balaban J connectivity index is 2.26. The highest BCUT2D eigenvalue weighted by atomic mass is 16.5. The molecule has 0 heterocycles. The van der Waals surface area contributed by atoms with Crippen LogP contribution in [-0.4, -0.2) is 42.7 Å². The average Bonchev–Trinajstić information content (AvgIpc) is 2.33. The average molecular weight is 265 g/mol. The lowest BCUT2D eigenvalue weighted by Crippen LogP contribution is -2.25. The highest BCUT2D eigenvalue weighted by Gasteiger charge is 2.03. The van der Waals surface area contributed by atoms with Gasteiger partial charge >= 0.3 is 5.97 Å². The second-order valence-corrected chi connectivity index (χ2v) is 4.92. The summed E-state index contributed by atoms with van der Waals surface area (Å²) in [6.45, 7) is 6.28. The lowest BCUT2D eigenvalue weighted by molar-refractivity contribution is -0.137. The standard InChI is InChI=1S/C15H23NO3/c1-12-6-7-13(2)14(11-12)19-10-9-16(3)8-4-5-15(17)18/h6-7,11H,4-5,8-10H2,1-3H3,(H,17,18). The fraction of sp³-hybridized carbons (Fsp3) is 0.533. The number of hydrogen-bond acceptors (Lipinski definition) is 3. The number of aliphatic carboxylic acids is 1. The summed E-state index contributed by atoms with van der Waals surface area (Å²) in [6, 6.07) is 6.17. The number of likely N-dealkylation sites (N-methyl/N-ethyl adjacent to an activating group) is 1. The van der Waals surface area contributed by atoms with Crippen LogP contribution in [0.25, 0.3) is 0 Å². The van der Waals surface area contributed by atoms with Crippen molar-refractivity contribution in [2.75, 3.05) is 26.7 Å². The summed E-state index contributed by atoms with van der Waals surface area (Å²) in [4.78, 5) is 12.5. The quantitative estimate of drug-likeness (QED) is 0.784. The molecule has 0 saturated heterocycles. The van der Waals surface area contributed by atoms with Gasteiger partial charge in [0.15, 0.2) is 0 Å². The van der Waals surface area contributed by atoms with Crippen LogP contribution in [-0.2, 0) is 4.79 Å². The Morgan fingerprint density at radius 1 is 1.32 bits per heavy atom. The fourth-order valence-corrected chi connectivity index (χ4v) is 1.79. The summed E-state index contributed by atoms with van der Waals surface area (Å²) in [6.07, 6.45) is 0.900. The van der Waals surface area contributed by atoms with E-state index in [-0.39, 0.29) is 6.42 Å². The van der Waals surface area contributed by atoms with E-state index in [1.807, 2.05) is 27.0 Å². The van der Waals surface area contributed by atoms with Gasteiger partial charge in [0.2, 0.25) is 0 Å². The van der Waals surface area contributed by atoms with Crippen LogP contribution in [0.4, 0.5) is 0 Å². The van der Waals surface area contributed by atoms with E-state index in [1.165, 1.54) is 5.56 Å². The van der Waals surface area contributed by atoms with Gasteiger partial charge in [-0.1, -0.05) is 12.1 Å². The second kappa shape index (κ2) is 7.79. The van der Waals surface area contributed by atoms with Crippen LogP contribution in [0.2, 0.25) is 0 Å². The Morgan fingerprint density at radius 3 is 2.74 bits per heavy atom. The van der Waals surface area contributed by atoms with Crippen LogP contribution >= 0.6 is 0 Å². The van der Waals surface area contributed by atoms with E-state index in [4.69, 9.17) is 9.84 Å². The zero-order valence-corrected chi connectivity index (χ0v) is 12.0. The first-order chi connectivity index (χ1) is 8.99. The normalized spacial score (nSPS) is 10.7. The highest BCUT2D eigenvalue weighted by Crippen LogP contribution is 2.18. The minimum Gasteiger partial charge on any atom is -0.492 e. The molecule has 0 aliphatic heterocycles. The molecule has 106 valence electrons. The van der Waals surface area contributed by atoms with Gasteiger partial charge in [-0.3, -0.25) is 4.79 Å².